The Morgan fingerprint density at radius 3 is 0.896 bits per heavy atom. The highest BCUT2D eigenvalue weighted by Crippen LogP contribution is 2.49. The second-order valence-corrected chi connectivity index (χ2v) is 19.9. The van der Waals surface area contributed by atoms with E-state index in [-0.39, 0.29) is 0 Å². The molecule has 0 aromatic rings. The molecule has 6 unspecified atom stereocenters. The molecule has 0 rings (SSSR count). The Bertz CT molecular complexity index is 690. The van der Waals surface area contributed by atoms with Crippen LogP contribution in [0.4, 0.5) is 0 Å². The zero-order chi connectivity index (χ0) is 36.2. The van der Waals surface area contributed by atoms with Crippen molar-refractivity contribution in [1.82, 2.24) is 0 Å². The number of hydrogen-bond acceptors (Lipinski definition) is 4. The van der Waals surface area contributed by atoms with Gasteiger partial charge in [0.25, 0.3) is 0 Å². The van der Waals surface area contributed by atoms with E-state index in [0.29, 0.717) is 44.2 Å². The molecule has 5 heteroatoms. The van der Waals surface area contributed by atoms with Gasteiger partial charge in [-0.05, 0) is 73.2 Å². The third-order valence-electron chi connectivity index (χ3n) is 11.0. The number of hydrogen-bond donors (Lipinski definition) is 1. The highest BCUT2D eigenvalue weighted by Gasteiger charge is 2.24. The molecule has 0 aliphatic rings. The summed E-state index contributed by atoms with van der Waals surface area (Å²) in [6, 6.07) is 0. The van der Waals surface area contributed by atoms with Gasteiger partial charge in [0.15, 0.2) is 0 Å². The second kappa shape index (κ2) is 30.7. The quantitative estimate of drug-likeness (QED) is 0.0669. The van der Waals surface area contributed by atoms with E-state index in [4.69, 9.17) is 14.8 Å². The fourth-order valence-corrected chi connectivity index (χ4v) is 8.78. The van der Waals surface area contributed by atoms with Crippen LogP contribution in [0.1, 0.15) is 204 Å². The smallest absolute Gasteiger partial charge is 0.330 e. The van der Waals surface area contributed by atoms with Crippen LogP contribution in [-0.2, 0) is 13.6 Å². The minimum absolute atomic E-state index is 0.438. The zero-order valence-corrected chi connectivity index (χ0v) is 35.4. The van der Waals surface area contributed by atoms with Crippen molar-refractivity contribution in [2.24, 2.45) is 53.1 Å². The Hall–Kier alpha value is 0.110. The molecule has 2 N–H and O–H groups in total. The van der Waals surface area contributed by atoms with Gasteiger partial charge in [-0.2, -0.15) is 0 Å². The van der Waals surface area contributed by atoms with Gasteiger partial charge in [-0.15, -0.1) is 0 Å². The van der Waals surface area contributed by atoms with Gasteiger partial charge in [0, 0.05) is 0 Å². The van der Waals surface area contributed by atoms with Crippen molar-refractivity contribution in [2.75, 3.05) is 25.9 Å². The van der Waals surface area contributed by atoms with E-state index < -0.39 is 7.60 Å². The van der Waals surface area contributed by atoms with E-state index in [9.17, 15) is 4.57 Å². The van der Waals surface area contributed by atoms with Gasteiger partial charge < -0.3 is 14.8 Å². The van der Waals surface area contributed by atoms with E-state index in [2.05, 4.69) is 69.2 Å². The van der Waals surface area contributed by atoms with Crippen LogP contribution in [-0.4, -0.2) is 25.9 Å². The van der Waals surface area contributed by atoms with E-state index in [1.807, 2.05) is 0 Å². The van der Waals surface area contributed by atoms with Crippen LogP contribution in [0.15, 0.2) is 0 Å². The Balaban J connectivity index is 4.14. The van der Waals surface area contributed by atoms with Crippen LogP contribution in [0.2, 0.25) is 0 Å². The Morgan fingerprint density at radius 2 is 0.646 bits per heavy atom. The molecule has 0 aliphatic carbocycles. The topological polar surface area (TPSA) is 61.5 Å². The highest BCUT2D eigenvalue weighted by atomic mass is 31.2. The minimum Gasteiger partial charge on any atom is -0.330 e. The molecule has 6 atom stereocenters. The lowest BCUT2D eigenvalue weighted by Crippen LogP contribution is -2.10. The lowest BCUT2D eigenvalue weighted by molar-refractivity contribution is 0.183. The van der Waals surface area contributed by atoms with Crippen molar-refractivity contribution in [3.8, 4) is 0 Å². The minimum atomic E-state index is -3.08. The van der Waals surface area contributed by atoms with Crippen molar-refractivity contribution in [3.05, 3.63) is 0 Å². The SMILES string of the molecule is CC(C)CCCC(C)CCCC(C)CCCC(C)CCOP(=O)(CCCN)OCCC(C)CCCC(C)CCCC(C)CCCC(C)C. The third kappa shape index (κ3) is 30.9. The molecule has 290 valence electrons. The predicted molar refractivity (Wildman–Crippen MR) is 215 cm³/mol. The maximum absolute atomic E-state index is 13.5. The van der Waals surface area contributed by atoms with Gasteiger partial charge >= 0.3 is 7.60 Å². The van der Waals surface area contributed by atoms with Crippen LogP contribution in [0.5, 0.6) is 0 Å². The van der Waals surface area contributed by atoms with Crippen molar-refractivity contribution < 1.29 is 13.6 Å². The van der Waals surface area contributed by atoms with Crippen molar-refractivity contribution in [3.63, 3.8) is 0 Å². The van der Waals surface area contributed by atoms with Crippen LogP contribution >= 0.6 is 7.60 Å². The molecule has 0 aromatic heterocycles. The maximum Gasteiger partial charge on any atom is 0.330 e. The summed E-state index contributed by atoms with van der Waals surface area (Å²) in [5, 5.41) is 0. The van der Waals surface area contributed by atoms with E-state index >= 15 is 0 Å². The summed E-state index contributed by atoms with van der Waals surface area (Å²) in [6.45, 7) is 25.3. The molecule has 4 nitrogen and oxygen atoms in total. The summed E-state index contributed by atoms with van der Waals surface area (Å²) in [4.78, 5) is 0. The molecule has 0 bridgehead atoms. The number of nitrogens with two attached hydrogens (primary N) is 1. The summed E-state index contributed by atoms with van der Waals surface area (Å²) in [5.41, 5.74) is 5.76. The predicted octanol–water partition coefficient (Wildman–Crippen LogP) is 14.5. The summed E-state index contributed by atoms with van der Waals surface area (Å²) in [6.07, 6.45) is 27.2. The molecule has 0 radical (unpaired) electrons. The average Bonchev–Trinajstić information content (AvgIpc) is 2.99. The van der Waals surface area contributed by atoms with Gasteiger partial charge in [-0.25, -0.2) is 0 Å². The average molecular weight is 700 g/mol. The summed E-state index contributed by atoms with van der Waals surface area (Å²) < 4.78 is 25.5. The molecule has 48 heavy (non-hydrogen) atoms. The van der Waals surface area contributed by atoms with Crippen LogP contribution < -0.4 is 5.73 Å². The van der Waals surface area contributed by atoms with Crippen molar-refractivity contribution >= 4 is 7.60 Å². The normalized spacial score (nSPS) is 17.4. The molecule has 0 spiro atoms. The molecule has 0 saturated heterocycles. The Morgan fingerprint density at radius 1 is 0.396 bits per heavy atom. The molecule has 0 heterocycles. The van der Waals surface area contributed by atoms with Gasteiger partial charge in [-0.3, -0.25) is 4.57 Å². The molecular weight excluding hydrogens is 609 g/mol. The second-order valence-electron chi connectivity index (χ2n) is 17.7. The van der Waals surface area contributed by atoms with Crippen molar-refractivity contribution in [1.29, 1.82) is 0 Å². The third-order valence-corrected chi connectivity index (χ3v) is 13.0. The van der Waals surface area contributed by atoms with Gasteiger partial charge in [-0.1, -0.05) is 185 Å². The first kappa shape index (κ1) is 48.1. The lowest BCUT2D eigenvalue weighted by atomic mass is 9.91. The first-order chi connectivity index (χ1) is 22.8. The van der Waals surface area contributed by atoms with Crippen LogP contribution in [0.25, 0.3) is 0 Å². The highest BCUT2D eigenvalue weighted by molar-refractivity contribution is 7.53. The van der Waals surface area contributed by atoms with Gasteiger partial charge in [0.05, 0.1) is 19.4 Å². The van der Waals surface area contributed by atoms with Gasteiger partial charge in [0.2, 0.25) is 0 Å². The molecule has 0 amide bonds. The maximum atomic E-state index is 13.5. The summed E-state index contributed by atoms with van der Waals surface area (Å²) in [5.74, 6) is 6.23. The van der Waals surface area contributed by atoms with Crippen LogP contribution in [0, 0.1) is 47.3 Å². The Kier molecular flexibility index (Phi) is 30.8. The number of rotatable bonds is 35. The molecular formula is C43H90NO3P. The first-order valence-corrected chi connectivity index (χ1v) is 23.1. The summed E-state index contributed by atoms with van der Waals surface area (Å²) in [7, 11) is -3.08. The fourth-order valence-electron chi connectivity index (χ4n) is 7.11. The first-order valence-electron chi connectivity index (χ1n) is 21.3. The van der Waals surface area contributed by atoms with Crippen molar-refractivity contribution in [2.45, 2.75) is 204 Å². The molecule has 0 fully saturated rings. The molecule has 0 aromatic carbocycles. The molecule has 0 saturated carbocycles. The van der Waals surface area contributed by atoms with E-state index in [1.54, 1.807) is 0 Å². The zero-order valence-electron chi connectivity index (χ0n) is 34.5. The molecule has 0 aliphatic heterocycles. The monoisotopic (exact) mass is 700 g/mol. The lowest BCUT2D eigenvalue weighted by Gasteiger charge is -2.21. The summed E-state index contributed by atoms with van der Waals surface area (Å²) >= 11 is 0. The van der Waals surface area contributed by atoms with Crippen LogP contribution in [0.3, 0.4) is 0 Å². The Labute approximate surface area is 303 Å². The van der Waals surface area contributed by atoms with E-state index in [1.165, 1.54) is 116 Å². The van der Waals surface area contributed by atoms with E-state index in [0.717, 1.165) is 48.3 Å². The largest absolute Gasteiger partial charge is 0.330 e. The standard InChI is InChI=1S/C43H90NO3P/c1-36(2)18-11-20-38(5)22-13-24-40(7)26-15-28-42(9)30-33-46-48(45,35-17-32-44)47-34-31-43(10)29-16-27-41(8)25-14-23-39(6)21-12-19-37(3)4/h36-43H,11-35,44H2,1-10H3. The van der Waals surface area contributed by atoms with Gasteiger partial charge in [0.1, 0.15) is 0 Å². The fraction of sp³-hybridized carbons (Fsp3) is 1.00.